The first-order valence-corrected chi connectivity index (χ1v) is 10.9. The van der Waals surface area contributed by atoms with Gasteiger partial charge in [0.15, 0.2) is 0 Å². The zero-order valence-electron chi connectivity index (χ0n) is 18.0. The smallest absolute Gasteiger partial charge is 0.251 e. The Morgan fingerprint density at radius 2 is 1.94 bits per heavy atom. The first-order valence-electron chi connectivity index (χ1n) is 10.9. The summed E-state index contributed by atoms with van der Waals surface area (Å²) in [5.74, 6) is 0.780. The minimum absolute atomic E-state index is 0.0623. The van der Waals surface area contributed by atoms with Gasteiger partial charge in [-0.3, -0.25) is 14.7 Å². The number of ether oxygens (including phenoxy) is 2. The average molecular weight is 420 g/mol. The molecule has 1 amide bonds. The summed E-state index contributed by atoms with van der Waals surface area (Å²) in [5, 5.41) is 4.95. The Labute approximate surface area is 183 Å². The Morgan fingerprint density at radius 1 is 1.13 bits per heavy atom. The van der Waals surface area contributed by atoms with Crippen molar-refractivity contribution in [1.29, 1.82) is 0 Å². The molecule has 0 bridgehead atoms. The van der Waals surface area contributed by atoms with Crippen LogP contribution >= 0.6 is 0 Å². The van der Waals surface area contributed by atoms with E-state index >= 15 is 0 Å². The Morgan fingerprint density at radius 3 is 2.71 bits per heavy atom. The van der Waals surface area contributed by atoms with Crippen LogP contribution in [0.5, 0.6) is 5.75 Å². The number of aromatic nitrogens is 1. The maximum absolute atomic E-state index is 13.0. The highest BCUT2D eigenvalue weighted by atomic mass is 16.5. The molecule has 0 unspecified atom stereocenters. The van der Waals surface area contributed by atoms with E-state index < -0.39 is 0 Å². The van der Waals surface area contributed by atoms with Crippen molar-refractivity contribution in [3.63, 3.8) is 0 Å². The predicted molar refractivity (Wildman–Crippen MR) is 123 cm³/mol. The number of benzene rings is 2. The Balaban J connectivity index is 1.49. The van der Waals surface area contributed by atoms with E-state index in [-0.39, 0.29) is 5.91 Å². The second-order valence-electron chi connectivity index (χ2n) is 7.64. The monoisotopic (exact) mass is 419 g/mol. The van der Waals surface area contributed by atoms with Crippen molar-refractivity contribution in [1.82, 2.24) is 15.2 Å². The van der Waals surface area contributed by atoms with Crippen LogP contribution in [0.1, 0.15) is 23.7 Å². The van der Waals surface area contributed by atoms with E-state index in [2.05, 4.69) is 21.3 Å². The molecule has 1 aromatic heterocycles. The van der Waals surface area contributed by atoms with Crippen LogP contribution in [0.4, 0.5) is 0 Å². The molecule has 1 N–H and O–H groups in total. The molecule has 2 heterocycles. The molecule has 0 spiro atoms. The number of hydrogen-bond acceptors (Lipinski definition) is 5. The summed E-state index contributed by atoms with van der Waals surface area (Å²) < 4.78 is 10.9. The molecular formula is C25H29N3O3. The zero-order valence-corrected chi connectivity index (χ0v) is 18.0. The Hall–Kier alpha value is -2.96. The van der Waals surface area contributed by atoms with Gasteiger partial charge in [0.1, 0.15) is 5.75 Å². The predicted octanol–water partition coefficient (Wildman–Crippen LogP) is 3.75. The first kappa shape index (κ1) is 21.3. The molecule has 0 radical (unpaired) electrons. The second kappa shape index (κ2) is 10.4. The van der Waals surface area contributed by atoms with Crippen molar-refractivity contribution in [2.45, 2.75) is 13.3 Å². The summed E-state index contributed by atoms with van der Waals surface area (Å²) >= 11 is 0. The third-order valence-corrected chi connectivity index (χ3v) is 5.54. The lowest BCUT2D eigenvalue weighted by molar-refractivity contribution is 0.0374. The maximum atomic E-state index is 13.0. The molecule has 0 atom stereocenters. The number of nitrogens with zero attached hydrogens (tertiary/aromatic N) is 2. The molecule has 6 nitrogen and oxygen atoms in total. The highest BCUT2D eigenvalue weighted by Crippen LogP contribution is 2.28. The van der Waals surface area contributed by atoms with Crippen molar-refractivity contribution in [2.75, 3.05) is 46.0 Å². The lowest BCUT2D eigenvalue weighted by atomic mass is 9.97. The van der Waals surface area contributed by atoms with Gasteiger partial charge >= 0.3 is 0 Å². The van der Waals surface area contributed by atoms with Crippen LogP contribution < -0.4 is 10.1 Å². The molecule has 1 aliphatic rings. The number of morpholine rings is 1. The van der Waals surface area contributed by atoms with Gasteiger partial charge in [-0.1, -0.05) is 12.1 Å². The van der Waals surface area contributed by atoms with Gasteiger partial charge in [-0.25, -0.2) is 0 Å². The van der Waals surface area contributed by atoms with Crippen LogP contribution in [0.25, 0.3) is 21.9 Å². The van der Waals surface area contributed by atoms with Crippen LogP contribution in [0.3, 0.4) is 0 Å². The summed E-state index contributed by atoms with van der Waals surface area (Å²) in [4.78, 5) is 19.6. The van der Waals surface area contributed by atoms with E-state index in [4.69, 9.17) is 9.47 Å². The molecule has 3 aromatic rings. The number of nitrogens with one attached hydrogen (secondary N) is 1. The van der Waals surface area contributed by atoms with Gasteiger partial charge in [-0.05, 0) is 66.7 Å². The number of carbonyl (C=O) groups excluding carboxylic acids is 1. The molecule has 1 saturated heterocycles. The van der Waals surface area contributed by atoms with Gasteiger partial charge in [-0.2, -0.15) is 0 Å². The third-order valence-electron chi connectivity index (χ3n) is 5.54. The second-order valence-corrected chi connectivity index (χ2v) is 7.64. The molecule has 0 aliphatic carbocycles. The van der Waals surface area contributed by atoms with Crippen LogP contribution in [-0.4, -0.2) is 61.8 Å². The maximum Gasteiger partial charge on any atom is 0.251 e. The average Bonchev–Trinajstić information content (AvgIpc) is 2.82. The van der Waals surface area contributed by atoms with Crippen molar-refractivity contribution in [3.8, 4) is 16.9 Å². The molecule has 1 aliphatic heterocycles. The summed E-state index contributed by atoms with van der Waals surface area (Å²) in [7, 11) is 0. The minimum atomic E-state index is -0.0623. The van der Waals surface area contributed by atoms with E-state index in [9.17, 15) is 4.79 Å². The van der Waals surface area contributed by atoms with Crippen molar-refractivity contribution < 1.29 is 14.3 Å². The number of amides is 1. The van der Waals surface area contributed by atoms with Gasteiger partial charge in [0.05, 0.1) is 19.8 Å². The summed E-state index contributed by atoms with van der Waals surface area (Å²) in [6.45, 7) is 7.74. The van der Waals surface area contributed by atoms with E-state index in [1.165, 1.54) is 0 Å². The first-order chi connectivity index (χ1) is 15.2. The number of hydrogen-bond donors (Lipinski definition) is 1. The van der Waals surface area contributed by atoms with E-state index in [1.807, 2.05) is 43.3 Å². The fourth-order valence-electron chi connectivity index (χ4n) is 3.89. The fourth-order valence-corrected chi connectivity index (χ4v) is 3.89. The summed E-state index contributed by atoms with van der Waals surface area (Å²) in [5.41, 5.74) is 2.70. The Kier molecular flexibility index (Phi) is 7.12. The van der Waals surface area contributed by atoms with E-state index in [1.54, 1.807) is 12.4 Å². The molecular weight excluding hydrogens is 390 g/mol. The summed E-state index contributed by atoms with van der Waals surface area (Å²) in [6, 6.07) is 14.0. The van der Waals surface area contributed by atoms with Crippen LogP contribution in [0, 0.1) is 0 Å². The van der Waals surface area contributed by atoms with E-state index in [0.29, 0.717) is 18.7 Å². The molecule has 31 heavy (non-hydrogen) atoms. The largest absolute Gasteiger partial charge is 0.494 e. The molecule has 162 valence electrons. The minimum Gasteiger partial charge on any atom is -0.494 e. The standard InChI is InChI=1S/C25H29N3O3/c1-2-31-22-6-4-19(5-7-22)21-16-20-8-10-26-18-24(20)23(17-21)25(29)27-9-3-11-28-12-14-30-15-13-28/h4-8,10,16-18H,2-3,9,11-15H2,1H3,(H,27,29). The van der Waals surface area contributed by atoms with Gasteiger partial charge in [-0.15, -0.1) is 0 Å². The number of rotatable bonds is 8. The summed E-state index contributed by atoms with van der Waals surface area (Å²) in [6.07, 6.45) is 4.44. The SMILES string of the molecule is CCOc1ccc(-c2cc(C(=O)NCCCN3CCOCC3)c3cnccc3c2)cc1. The van der Waals surface area contributed by atoms with Crippen LogP contribution in [-0.2, 0) is 4.74 Å². The van der Waals surface area contributed by atoms with Gasteiger partial charge in [0.25, 0.3) is 5.91 Å². The van der Waals surface area contributed by atoms with Crippen molar-refractivity contribution >= 4 is 16.7 Å². The lowest BCUT2D eigenvalue weighted by Crippen LogP contribution is -2.38. The van der Waals surface area contributed by atoms with Crippen molar-refractivity contribution in [3.05, 3.63) is 60.4 Å². The normalized spacial score (nSPS) is 14.5. The number of carbonyl (C=O) groups is 1. The van der Waals surface area contributed by atoms with Gasteiger partial charge in [0.2, 0.25) is 0 Å². The highest BCUT2D eigenvalue weighted by Gasteiger charge is 2.14. The number of pyridine rings is 1. The molecule has 0 saturated carbocycles. The van der Waals surface area contributed by atoms with Crippen molar-refractivity contribution in [2.24, 2.45) is 0 Å². The quantitative estimate of drug-likeness (QED) is 0.564. The van der Waals surface area contributed by atoms with E-state index in [0.717, 1.165) is 66.9 Å². The molecule has 1 fully saturated rings. The lowest BCUT2D eigenvalue weighted by Gasteiger charge is -2.26. The van der Waals surface area contributed by atoms with Gasteiger partial charge in [0, 0.05) is 43.0 Å². The van der Waals surface area contributed by atoms with Crippen LogP contribution in [0.2, 0.25) is 0 Å². The number of fused-ring (bicyclic) bond motifs is 1. The fraction of sp³-hybridized carbons (Fsp3) is 0.360. The topological polar surface area (TPSA) is 63.7 Å². The highest BCUT2D eigenvalue weighted by molar-refractivity contribution is 6.08. The molecule has 2 aromatic carbocycles. The Bertz CT molecular complexity index is 1010. The zero-order chi connectivity index (χ0) is 21.5. The third kappa shape index (κ3) is 5.40. The molecule has 6 heteroatoms. The van der Waals surface area contributed by atoms with Crippen LogP contribution in [0.15, 0.2) is 54.9 Å². The molecule has 4 rings (SSSR count). The van der Waals surface area contributed by atoms with Gasteiger partial charge < -0.3 is 14.8 Å².